The van der Waals surface area contributed by atoms with Gasteiger partial charge < -0.3 is 10.2 Å². The van der Waals surface area contributed by atoms with Crippen LogP contribution in [0.2, 0.25) is 0 Å². The predicted molar refractivity (Wildman–Crippen MR) is 112 cm³/mol. The van der Waals surface area contributed by atoms with Crippen molar-refractivity contribution in [1.29, 1.82) is 0 Å². The van der Waals surface area contributed by atoms with Gasteiger partial charge in [0, 0.05) is 11.1 Å². The lowest BCUT2D eigenvalue weighted by atomic mass is 9.96. The summed E-state index contributed by atoms with van der Waals surface area (Å²) in [7, 11) is 0. The monoisotopic (exact) mass is 434 g/mol. The van der Waals surface area contributed by atoms with Gasteiger partial charge in [0.25, 0.3) is 0 Å². The summed E-state index contributed by atoms with van der Waals surface area (Å²) in [5.41, 5.74) is -1.15. The van der Waals surface area contributed by atoms with E-state index in [-0.39, 0.29) is 13.2 Å². The van der Waals surface area contributed by atoms with Crippen molar-refractivity contribution in [3.8, 4) is 0 Å². The van der Waals surface area contributed by atoms with Crippen molar-refractivity contribution in [2.75, 3.05) is 0 Å². The van der Waals surface area contributed by atoms with Crippen LogP contribution in [-0.2, 0) is 32.9 Å². The fourth-order valence-corrected chi connectivity index (χ4v) is 3.11. The molecule has 0 saturated heterocycles. The van der Waals surface area contributed by atoms with Crippen LogP contribution in [0.15, 0.2) is 48.5 Å². The third-order valence-electron chi connectivity index (χ3n) is 4.13. The van der Waals surface area contributed by atoms with E-state index in [9.17, 15) is 24.0 Å². The van der Waals surface area contributed by atoms with Crippen molar-refractivity contribution >= 4 is 22.9 Å². The summed E-state index contributed by atoms with van der Waals surface area (Å²) >= 11 is -2.06. The molecule has 30 heavy (non-hydrogen) atoms. The van der Waals surface area contributed by atoms with Crippen LogP contribution in [0.4, 0.5) is 0 Å². The quantitative estimate of drug-likeness (QED) is 0.553. The van der Waals surface area contributed by atoms with Crippen molar-refractivity contribution in [2.24, 2.45) is 0 Å². The molecule has 0 unspecified atom stereocenters. The minimum absolute atomic E-state index is 0.0587. The molecular formula is C22H26O7S. The minimum Gasteiger partial charge on any atom is -0.382 e. The maximum absolute atomic E-state index is 12.1. The van der Waals surface area contributed by atoms with E-state index < -0.39 is 34.1 Å². The van der Waals surface area contributed by atoms with Crippen LogP contribution < -0.4 is 0 Å². The van der Waals surface area contributed by atoms with E-state index in [4.69, 9.17) is 8.37 Å². The molecule has 8 heteroatoms. The van der Waals surface area contributed by atoms with Gasteiger partial charge in [-0.05, 0) is 51.0 Å². The van der Waals surface area contributed by atoms with Gasteiger partial charge in [-0.1, -0.05) is 36.4 Å². The summed E-state index contributed by atoms with van der Waals surface area (Å²) < 4.78 is 22.3. The molecule has 2 rings (SSSR count). The Kier molecular flexibility index (Phi) is 7.79. The number of rotatable bonds is 10. The summed E-state index contributed by atoms with van der Waals surface area (Å²) in [6, 6.07) is 13.0. The van der Waals surface area contributed by atoms with Crippen molar-refractivity contribution in [2.45, 2.75) is 52.1 Å². The lowest BCUT2D eigenvalue weighted by Crippen LogP contribution is -2.31. The summed E-state index contributed by atoms with van der Waals surface area (Å²) in [5.74, 6) is -0.857. The first kappa shape index (κ1) is 24.0. The first-order valence-corrected chi connectivity index (χ1v) is 10.3. The molecular weight excluding hydrogens is 408 g/mol. The van der Waals surface area contributed by atoms with E-state index in [2.05, 4.69) is 0 Å². The Morgan fingerprint density at radius 3 is 1.50 bits per heavy atom. The standard InChI is InChI=1S/C22H26O7S/c1-21(2,25)19(23)17-9-5-7-15(11-17)13-28-30(27)29-14-16-8-6-10-18(12-16)20(24)22(3,4)26/h5-12,25-26H,13-14H2,1-4H3. The first-order valence-electron chi connectivity index (χ1n) is 9.28. The highest BCUT2D eigenvalue weighted by Gasteiger charge is 2.26. The van der Waals surface area contributed by atoms with Gasteiger partial charge in [0.15, 0.2) is 11.6 Å². The van der Waals surface area contributed by atoms with Gasteiger partial charge in [0.1, 0.15) is 11.2 Å². The second-order valence-corrected chi connectivity index (χ2v) is 8.79. The highest BCUT2D eigenvalue weighted by Crippen LogP contribution is 2.17. The van der Waals surface area contributed by atoms with Crippen molar-refractivity contribution in [3.05, 3.63) is 70.8 Å². The van der Waals surface area contributed by atoms with Crippen LogP contribution in [0, 0.1) is 0 Å². The molecule has 0 heterocycles. The number of ketones is 2. The van der Waals surface area contributed by atoms with Gasteiger partial charge in [0.2, 0.25) is 0 Å². The fourth-order valence-electron chi connectivity index (χ4n) is 2.58. The molecule has 0 fully saturated rings. The number of Topliss-reactive ketones (excluding diaryl/α,β-unsaturated/α-hetero) is 2. The number of hydrogen-bond acceptors (Lipinski definition) is 7. The summed E-state index contributed by atoms with van der Waals surface area (Å²) in [5, 5.41) is 19.7. The molecule has 0 aromatic heterocycles. The maximum Gasteiger partial charge on any atom is 0.305 e. The van der Waals surface area contributed by atoms with Crippen LogP contribution in [0.5, 0.6) is 0 Å². The zero-order chi connectivity index (χ0) is 22.5. The molecule has 0 amide bonds. The van der Waals surface area contributed by atoms with Crippen molar-refractivity contribution < 1.29 is 32.4 Å². The average molecular weight is 435 g/mol. The molecule has 0 aliphatic rings. The molecule has 2 N–H and O–H groups in total. The first-order chi connectivity index (χ1) is 13.9. The molecule has 162 valence electrons. The van der Waals surface area contributed by atoms with E-state index in [1.165, 1.54) is 27.7 Å². The second kappa shape index (κ2) is 9.72. The van der Waals surface area contributed by atoms with Crippen molar-refractivity contribution in [3.63, 3.8) is 0 Å². The molecule has 0 atom stereocenters. The Morgan fingerprint density at radius 1 is 0.800 bits per heavy atom. The van der Waals surface area contributed by atoms with Crippen LogP contribution in [0.3, 0.4) is 0 Å². The topological polar surface area (TPSA) is 110 Å². The molecule has 7 nitrogen and oxygen atoms in total. The highest BCUT2D eigenvalue weighted by atomic mass is 32.2. The lowest BCUT2D eigenvalue weighted by Gasteiger charge is -2.16. The van der Waals surface area contributed by atoms with E-state index in [1.54, 1.807) is 48.5 Å². The lowest BCUT2D eigenvalue weighted by molar-refractivity contribution is 0.0487. The smallest absolute Gasteiger partial charge is 0.305 e. The molecule has 0 saturated carbocycles. The molecule has 0 bridgehead atoms. The van der Waals surface area contributed by atoms with Gasteiger partial charge in [-0.25, -0.2) is 0 Å². The molecule has 0 radical (unpaired) electrons. The Morgan fingerprint density at radius 2 is 1.17 bits per heavy atom. The van der Waals surface area contributed by atoms with E-state index in [0.717, 1.165) is 0 Å². The SMILES string of the molecule is CC(C)(O)C(=O)c1cccc(COS(=O)OCc2cccc(C(=O)C(C)(C)O)c2)c1. The van der Waals surface area contributed by atoms with Crippen LogP contribution in [0.25, 0.3) is 0 Å². The van der Waals surface area contributed by atoms with E-state index in [0.29, 0.717) is 22.3 Å². The maximum atomic E-state index is 12.1. The molecule has 0 spiro atoms. The summed E-state index contributed by atoms with van der Waals surface area (Å²) in [4.78, 5) is 24.3. The number of carbonyl (C=O) groups is 2. The fraction of sp³-hybridized carbons (Fsp3) is 0.364. The number of hydrogen-bond donors (Lipinski definition) is 2. The minimum atomic E-state index is -2.06. The predicted octanol–water partition coefficient (Wildman–Crippen LogP) is 2.91. The van der Waals surface area contributed by atoms with Crippen molar-refractivity contribution in [1.82, 2.24) is 0 Å². The Hall–Kier alpha value is -2.23. The zero-order valence-corrected chi connectivity index (χ0v) is 18.2. The number of aliphatic hydroxyl groups is 2. The van der Waals surface area contributed by atoms with Crippen LogP contribution in [0.1, 0.15) is 59.5 Å². The third kappa shape index (κ3) is 6.93. The molecule has 2 aromatic rings. The van der Waals surface area contributed by atoms with Crippen LogP contribution >= 0.6 is 0 Å². The largest absolute Gasteiger partial charge is 0.382 e. The Balaban J connectivity index is 1.92. The highest BCUT2D eigenvalue weighted by molar-refractivity contribution is 7.75. The zero-order valence-electron chi connectivity index (χ0n) is 17.4. The summed E-state index contributed by atoms with van der Waals surface area (Å²) in [6.45, 7) is 5.52. The number of carbonyl (C=O) groups excluding carboxylic acids is 2. The van der Waals surface area contributed by atoms with Gasteiger partial charge in [-0.2, -0.15) is 4.21 Å². The summed E-state index contributed by atoms with van der Waals surface area (Å²) in [6.07, 6.45) is 0. The van der Waals surface area contributed by atoms with Gasteiger partial charge in [-0.15, -0.1) is 0 Å². The van der Waals surface area contributed by atoms with E-state index in [1.807, 2.05) is 0 Å². The third-order valence-corrected chi connectivity index (χ3v) is 4.75. The molecule has 0 aliphatic carbocycles. The van der Waals surface area contributed by atoms with Gasteiger partial charge in [-0.3, -0.25) is 18.0 Å². The average Bonchev–Trinajstić information content (AvgIpc) is 2.68. The molecule has 0 aliphatic heterocycles. The Labute approximate surface area is 178 Å². The van der Waals surface area contributed by atoms with Gasteiger partial charge >= 0.3 is 11.4 Å². The van der Waals surface area contributed by atoms with Gasteiger partial charge in [0.05, 0.1) is 13.2 Å². The number of benzene rings is 2. The normalized spacial score (nSPS) is 12.2. The van der Waals surface area contributed by atoms with Crippen LogP contribution in [-0.4, -0.2) is 37.2 Å². The Bertz CT molecular complexity index is 863. The second-order valence-electron chi connectivity index (χ2n) is 7.91. The van der Waals surface area contributed by atoms with E-state index >= 15 is 0 Å². The molecule has 2 aromatic carbocycles.